The summed E-state index contributed by atoms with van der Waals surface area (Å²) < 4.78 is 44.3. The average molecular weight is 443 g/mol. The Morgan fingerprint density at radius 3 is 2.66 bits per heavy atom. The van der Waals surface area contributed by atoms with Crippen LogP contribution in [0.25, 0.3) is 0 Å². The number of thiazole rings is 1. The quantitative estimate of drug-likeness (QED) is 0.495. The fourth-order valence-corrected chi connectivity index (χ4v) is 3.93. The molecule has 3 aromatic rings. The SMILES string of the molecule is Cc1ccc(CCC(=O)Nc2nc(C)c(Cc3cc(C(F)(F)F)ccc3Cl)s2)o1. The van der Waals surface area contributed by atoms with E-state index in [9.17, 15) is 18.0 Å². The minimum Gasteiger partial charge on any atom is -0.466 e. The monoisotopic (exact) mass is 442 g/mol. The summed E-state index contributed by atoms with van der Waals surface area (Å²) in [6.07, 6.45) is -3.53. The molecule has 2 heterocycles. The average Bonchev–Trinajstić information content (AvgIpc) is 3.19. The molecule has 1 aromatic carbocycles. The smallest absolute Gasteiger partial charge is 0.416 e. The van der Waals surface area contributed by atoms with Gasteiger partial charge in [-0.1, -0.05) is 11.6 Å². The summed E-state index contributed by atoms with van der Waals surface area (Å²) in [4.78, 5) is 17.2. The summed E-state index contributed by atoms with van der Waals surface area (Å²) in [5, 5.41) is 3.39. The van der Waals surface area contributed by atoms with Crippen molar-refractivity contribution in [3.63, 3.8) is 0 Å². The number of hydrogen-bond acceptors (Lipinski definition) is 4. The van der Waals surface area contributed by atoms with Gasteiger partial charge in [0.2, 0.25) is 5.91 Å². The molecule has 3 rings (SSSR count). The van der Waals surface area contributed by atoms with Crippen molar-refractivity contribution in [2.24, 2.45) is 0 Å². The molecule has 0 radical (unpaired) electrons. The molecule has 0 fully saturated rings. The van der Waals surface area contributed by atoms with Gasteiger partial charge in [-0.05, 0) is 49.7 Å². The molecule has 0 aliphatic rings. The minimum atomic E-state index is -4.44. The van der Waals surface area contributed by atoms with Crippen LogP contribution >= 0.6 is 22.9 Å². The van der Waals surface area contributed by atoms with Crippen molar-refractivity contribution >= 4 is 34.0 Å². The number of furan rings is 1. The zero-order valence-electron chi connectivity index (χ0n) is 15.7. The van der Waals surface area contributed by atoms with Gasteiger partial charge in [0.15, 0.2) is 5.13 Å². The molecule has 154 valence electrons. The number of nitrogens with zero attached hydrogens (tertiary/aromatic N) is 1. The molecule has 2 aromatic heterocycles. The lowest BCUT2D eigenvalue weighted by Gasteiger charge is -2.10. The highest BCUT2D eigenvalue weighted by molar-refractivity contribution is 7.15. The van der Waals surface area contributed by atoms with Crippen molar-refractivity contribution in [2.45, 2.75) is 39.3 Å². The number of halogens is 4. The number of amides is 1. The summed E-state index contributed by atoms with van der Waals surface area (Å²) in [5.41, 5.74) is 0.250. The van der Waals surface area contributed by atoms with E-state index in [1.165, 1.54) is 17.4 Å². The second-order valence-electron chi connectivity index (χ2n) is 6.57. The van der Waals surface area contributed by atoms with Gasteiger partial charge in [-0.3, -0.25) is 4.79 Å². The predicted octanol–water partition coefficient (Wildman–Crippen LogP) is 6.19. The molecule has 0 spiro atoms. The van der Waals surface area contributed by atoms with Gasteiger partial charge < -0.3 is 9.73 Å². The fourth-order valence-electron chi connectivity index (χ4n) is 2.74. The number of alkyl halides is 3. The van der Waals surface area contributed by atoms with Crippen molar-refractivity contribution in [2.75, 3.05) is 5.32 Å². The lowest BCUT2D eigenvalue weighted by molar-refractivity contribution is -0.137. The van der Waals surface area contributed by atoms with Crippen LogP contribution in [0.1, 0.15) is 39.6 Å². The summed E-state index contributed by atoms with van der Waals surface area (Å²) in [6, 6.07) is 6.91. The normalized spacial score (nSPS) is 11.7. The van der Waals surface area contributed by atoms with E-state index in [0.29, 0.717) is 22.8 Å². The van der Waals surface area contributed by atoms with Crippen molar-refractivity contribution in [1.29, 1.82) is 0 Å². The van der Waals surface area contributed by atoms with Gasteiger partial charge in [0.05, 0.1) is 11.3 Å². The number of carbonyl (C=O) groups is 1. The Balaban J connectivity index is 1.66. The Morgan fingerprint density at radius 2 is 2.00 bits per heavy atom. The maximum Gasteiger partial charge on any atom is 0.416 e. The standard InChI is InChI=1S/C20H18ClF3N2O2S/c1-11-3-5-15(28-11)6-8-18(27)26-19-25-12(2)17(29-19)10-13-9-14(20(22,23)24)4-7-16(13)21/h3-5,7,9H,6,8,10H2,1-2H3,(H,25,26,27). The molecule has 29 heavy (non-hydrogen) atoms. The second-order valence-corrected chi connectivity index (χ2v) is 8.06. The molecule has 1 N–H and O–H groups in total. The largest absolute Gasteiger partial charge is 0.466 e. The van der Waals surface area contributed by atoms with E-state index < -0.39 is 11.7 Å². The molecule has 0 unspecified atom stereocenters. The summed E-state index contributed by atoms with van der Waals surface area (Å²) >= 11 is 7.30. The number of rotatable bonds is 6. The van der Waals surface area contributed by atoms with E-state index in [0.717, 1.165) is 28.5 Å². The first-order chi connectivity index (χ1) is 13.6. The van der Waals surface area contributed by atoms with E-state index in [4.69, 9.17) is 16.0 Å². The first kappa shape index (κ1) is 21.4. The third-order valence-electron chi connectivity index (χ3n) is 4.26. The van der Waals surface area contributed by atoms with Gasteiger partial charge in [-0.2, -0.15) is 13.2 Å². The number of hydrogen-bond donors (Lipinski definition) is 1. The number of nitrogens with one attached hydrogen (secondary N) is 1. The van der Waals surface area contributed by atoms with Crippen LogP contribution in [0.3, 0.4) is 0 Å². The number of benzene rings is 1. The highest BCUT2D eigenvalue weighted by atomic mass is 35.5. The molecule has 0 aliphatic heterocycles. The van der Waals surface area contributed by atoms with Crippen LogP contribution < -0.4 is 5.32 Å². The van der Waals surface area contributed by atoms with Gasteiger partial charge in [0.1, 0.15) is 11.5 Å². The van der Waals surface area contributed by atoms with Gasteiger partial charge in [0, 0.05) is 29.2 Å². The highest BCUT2D eigenvalue weighted by Crippen LogP contribution is 2.34. The van der Waals surface area contributed by atoms with Crippen molar-refractivity contribution in [1.82, 2.24) is 4.98 Å². The maximum atomic E-state index is 13.0. The Kier molecular flexibility index (Phi) is 6.33. The molecule has 0 atom stereocenters. The van der Waals surface area contributed by atoms with E-state index in [1.807, 2.05) is 19.1 Å². The van der Waals surface area contributed by atoms with Gasteiger partial charge in [0.25, 0.3) is 0 Å². The topological polar surface area (TPSA) is 55.1 Å². The minimum absolute atomic E-state index is 0.202. The van der Waals surface area contributed by atoms with Crippen LogP contribution in [0, 0.1) is 13.8 Å². The zero-order valence-corrected chi connectivity index (χ0v) is 17.3. The molecule has 0 bridgehead atoms. The van der Waals surface area contributed by atoms with E-state index in [1.54, 1.807) is 6.92 Å². The first-order valence-electron chi connectivity index (χ1n) is 8.79. The number of aromatic nitrogens is 1. The van der Waals surface area contributed by atoms with Crippen molar-refractivity contribution < 1.29 is 22.4 Å². The number of aryl methyl sites for hydroxylation is 3. The number of carbonyl (C=O) groups excluding carboxylic acids is 1. The molecule has 0 saturated heterocycles. The van der Waals surface area contributed by atoms with E-state index >= 15 is 0 Å². The molecule has 1 amide bonds. The number of anilines is 1. The Bertz CT molecular complexity index is 1030. The van der Waals surface area contributed by atoms with Crippen LogP contribution in [0.15, 0.2) is 34.7 Å². The lowest BCUT2D eigenvalue weighted by atomic mass is 10.1. The molecule has 4 nitrogen and oxygen atoms in total. The second kappa shape index (κ2) is 8.59. The molecular formula is C20H18ClF3N2O2S. The van der Waals surface area contributed by atoms with Crippen LogP contribution in [0.4, 0.5) is 18.3 Å². The van der Waals surface area contributed by atoms with Crippen LogP contribution in [0.2, 0.25) is 5.02 Å². The third-order valence-corrected chi connectivity index (χ3v) is 5.70. The van der Waals surface area contributed by atoms with Gasteiger partial charge in [-0.15, -0.1) is 11.3 Å². The zero-order chi connectivity index (χ0) is 21.2. The molecular weight excluding hydrogens is 425 g/mol. The van der Waals surface area contributed by atoms with E-state index in [-0.39, 0.29) is 23.8 Å². The predicted molar refractivity (Wildman–Crippen MR) is 107 cm³/mol. The summed E-state index contributed by atoms with van der Waals surface area (Å²) in [5.74, 6) is 1.30. The maximum absolute atomic E-state index is 13.0. The fraction of sp³-hybridized carbons (Fsp3) is 0.300. The van der Waals surface area contributed by atoms with Crippen molar-refractivity contribution in [3.05, 3.63) is 68.6 Å². The third kappa shape index (κ3) is 5.61. The van der Waals surface area contributed by atoms with Crippen LogP contribution in [0.5, 0.6) is 0 Å². The first-order valence-corrected chi connectivity index (χ1v) is 9.98. The van der Waals surface area contributed by atoms with Gasteiger partial charge >= 0.3 is 6.18 Å². The van der Waals surface area contributed by atoms with Gasteiger partial charge in [-0.25, -0.2) is 4.98 Å². The summed E-state index contributed by atoms with van der Waals surface area (Å²) in [6.45, 7) is 3.58. The van der Waals surface area contributed by atoms with Crippen molar-refractivity contribution in [3.8, 4) is 0 Å². The Morgan fingerprint density at radius 1 is 1.24 bits per heavy atom. The molecule has 0 saturated carbocycles. The summed E-state index contributed by atoms with van der Waals surface area (Å²) in [7, 11) is 0. The van der Waals surface area contributed by atoms with Crippen LogP contribution in [-0.2, 0) is 23.8 Å². The van der Waals surface area contributed by atoms with E-state index in [2.05, 4.69) is 10.3 Å². The lowest BCUT2D eigenvalue weighted by Crippen LogP contribution is -2.11. The molecule has 9 heteroatoms. The Hall–Kier alpha value is -2.32. The highest BCUT2D eigenvalue weighted by Gasteiger charge is 2.31. The molecule has 0 aliphatic carbocycles. The van der Waals surface area contributed by atoms with Crippen LogP contribution in [-0.4, -0.2) is 10.9 Å². The Labute approximate surface area is 174 Å².